The lowest BCUT2D eigenvalue weighted by Gasteiger charge is -2.07. The molecule has 0 saturated heterocycles. The first kappa shape index (κ1) is 8.64. The Hall–Kier alpha value is -1.45. The zero-order valence-electron chi connectivity index (χ0n) is 7.11. The number of amides is 1. The first-order valence-corrected chi connectivity index (χ1v) is 3.77. The van der Waals surface area contributed by atoms with E-state index in [1.165, 1.54) is 23.0 Å². The van der Waals surface area contributed by atoms with Gasteiger partial charge in [0.1, 0.15) is 5.75 Å². The molecule has 12 heavy (non-hydrogen) atoms. The van der Waals surface area contributed by atoms with Crippen LogP contribution in [-0.2, 0) is 0 Å². The van der Waals surface area contributed by atoms with E-state index in [-0.39, 0.29) is 17.8 Å². The second kappa shape index (κ2) is 3.30. The summed E-state index contributed by atoms with van der Waals surface area (Å²) in [6.45, 7) is 3.75. The number of nitrogens with one attached hydrogen (secondary N) is 1. The van der Waals surface area contributed by atoms with Crippen LogP contribution in [0.4, 0.5) is 4.79 Å². The summed E-state index contributed by atoms with van der Waals surface area (Å²) in [5.74, 6) is 0.0916. The van der Waals surface area contributed by atoms with E-state index < -0.39 is 0 Å². The van der Waals surface area contributed by atoms with Crippen molar-refractivity contribution >= 4 is 6.03 Å². The molecule has 0 radical (unpaired) electrons. The second-order valence-electron chi connectivity index (χ2n) is 2.88. The molecule has 2 N–H and O–H groups in total. The molecule has 66 valence electrons. The molecule has 0 bridgehead atoms. The molecule has 0 atom stereocenters. The Balaban J connectivity index is 2.65. The summed E-state index contributed by atoms with van der Waals surface area (Å²) >= 11 is 0. The quantitative estimate of drug-likeness (QED) is 0.661. The van der Waals surface area contributed by atoms with Gasteiger partial charge in [0.2, 0.25) is 0 Å². The van der Waals surface area contributed by atoms with Crippen LogP contribution < -0.4 is 5.32 Å². The molecule has 0 saturated carbocycles. The molecule has 0 aliphatic carbocycles. The van der Waals surface area contributed by atoms with Gasteiger partial charge in [-0.15, -0.1) is 0 Å². The Morgan fingerprint density at radius 1 is 1.67 bits per heavy atom. The van der Waals surface area contributed by atoms with Crippen molar-refractivity contribution < 1.29 is 9.90 Å². The molecule has 1 rings (SSSR count). The SMILES string of the molecule is CC(C)NC(=O)n1ccc(O)c1. The highest BCUT2D eigenvalue weighted by Crippen LogP contribution is 2.06. The van der Waals surface area contributed by atoms with Crippen molar-refractivity contribution in [2.75, 3.05) is 0 Å². The summed E-state index contributed by atoms with van der Waals surface area (Å²) in [5, 5.41) is 11.6. The largest absolute Gasteiger partial charge is 0.506 e. The van der Waals surface area contributed by atoms with Gasteiger partial charge in [-0.1, -0.05) is 0 Å². The molecular formula is C8H12N2O2. The van der Waals surface area contributed by atoms with Crippen LogP contribution in [0.25, 0.3) is 0 Å². The molecular weight excluding hydrogens is 156 g/mol. The molecule has 0 aromatic carbocycles. The van der Waals surface area contributed by atoms with E-state index in [0.717, 1.165) is 0 Å². The number of carbonyl (C=O) groups excluding carboxylic acids is 1. The van der Waals surface area contributed by atoms with Crippen LogP contribution in [0.5, 0.6) is 5.75 Å². The van der Waals surface area contributed by atoms with Gasteiger partial charge < -0.3 is 10.4 Å². The standard InChI is InChI=1S/C8H12N2O2/c1-6(2)9-8(12)10-4-3-7(11)5-10/h3-6,11H,1-2H3,(H,9,12). The minimum atomic E-state index is -0.231. The topological polar surface area (TPSA) is 54.3 Å². The lowest BCUT2D eigenvalue weighted by molar-refractivity contribution is 0.240. The Morgan fingerprint density at radius 3 is 2.75 bits per heavy atom. The average Bonchev–Trinajstić information content (AvgIpc) is 2.34. The van der Waals surface area contributed by atoms with Gasteiger partial charge in [-0.3, -0.25) is 4.57 Å². The fourth-order valence-electron chi connectivity index (χ4n) is 0.833. The monoisotopic (exact) mass is 168 g/mol. The molecule has 0 unspecified atom stereocenters. The Bertz CT molecular complexity index is 278. The predicted octanol–water partition coefficient (Wildman–Crippen LogP) is 1.16. The molecule has 1 amide bonds. The Morgan fingerprint density at radius 2 is 2.33 bits per heavy atom. The predicted molar refractivity (Wildman–Crippen MR) is 45.2 cm³/mol. The highest BCUT2D eigenvalue weighted by atomic mass is 16.3. The van der Waals surface area contributed by atoms with Gasteiger partial charge in [-0.05, 0) is 19.9 Å². The molecule has 1 aromatic heterocycles. The van der Waals surface area contributed by atoms with Gasteiger partial charge in [-0.2, -0.15) is 0 Å². The smallest absolute Gasteiger partial charge is 0.325 e. The van der Waals surface area contributed by atoms with Crippen LogP contribution in [0.15, 0.2) is 18.5 Å². The van der Waals surface area contributed by atoms with Gasteiger partial charge in [0, 0.05) is 12.2 Å². The number of carbonyl (C=O) groups is 1. The van der Waals surface area contributed by atoms with Crippen LogP contribution in [0.2, 0.25) is 0 Å². The highest BCUT2D eigenvalue weighted by molar-refractivity contribution is 5.77. The zero-order valence-corrected chi connectivity index (χ0v) is 7.11. The molecule has 0 aliphatic rings. The third-order valence-corrected chi connectivity index (χ3v) is 1.32. The summed E-state index contributed by atoms with van der Waals surface area (Å²) in [6, 6.07) is 1.33. The molecule has 0 spiro atoms. The minimum absolute atomic E-state index is 0.0916. The molecule has 4 nitrogen and oxygen atoms in total. The second-order valence-corrected chi connectivity index (χ2v) is 2.88. The number of aromatic hydroxyl groups is 1. The van der Waals surface area contributed by atoms with Crippen molar-refractivity contribution in [3.8, 4) is 5.75 Å². The normalized spacial score (nSPS) is 10.2. The highest BCUT2D eigenvalue weighted by Gasteiger charge is 2.04. The van der Waals surface area contributed by atoms with Crippen molar-refractivity contribution in [1.29, 1.82) is 0 Å². The van der Waals surface area contributed by atoms with Crippen molar-refractivity contribution in [2.45, 2.75) is 19.9 Å². The summed E-state index contributed by atoms with van der Waals surface area (Å²) in [7, 11) is 0. The fourth-order valence-corrected chi connectivity index (χ4v) is 0.833. The lowest BCUT2D eigenvalue weighted by atomic mass is 10.4. The van der Waals surface area contributed by atoms with Crippen LogP contribution in [0.3, 0.4) is 0 Å². The zero-order chi connectivity index (χ0) is 9.14. The van der Waals surface area contributed by atoms with E-state index in [1.54, 1.807) is 0 Å². The van der Waals surface area contributed by atoms with Crippen LogP contribution in [0, 0.1) is 0 Å². The minimum Gasteiger partial charge on any atom is -0.506 e. The molecule has 4 heteroatoms. The third kappa shape index (κ3) is 2.02. The maximum absolute atomic E-state index is 11.2. The van der Waals surface area contributed by atoms with E-state index in [9.17, 15) is 4.79 Å². The number of hydrogen-bond donors (Lipinski definition) is 2. The number of hydrogen-bond acceptors (Lipinski definition) is 2. The molecule has 1 aromatic rings. The maximum Gasteiger partial charge on any atom is 0.325 e. The van der Waals surface area contributed by atoms with Crippen LogP contribution >= 0.6 is 0 Å². The Labute approximate surface area is 70.8 Å². The van der Waals surface area contributed by atoms with E-state index in [2.05, 4.69) is 5.32 Å². The van der Waals surface area contributed by atoms with E-state index in [1.807, 2.05) is 13.8 Å². The molecule has 0 aliphatic heterocycles. The summed E-state index contributed by atoms with van der Waals surface area (Å²) in [5.41, 5.74) is 0. The number of aromatic nitrogens is 1. The van der Waals surface area contributed by atoms with Gasteiger partial charge in [0.15, 0.2) is 0 Å². The van der Waals surface area contributed by atoms with Gasteiger partial charge in [0.25, 0.3) is 0 Å². The van der Waals surface area contributed by atoms with Gasteiger partial charge in [0.05, 0.1) is 6.20 Å². The van der Waals surface area contributed by atoms with Crippen molar-refractivity contribution in [3.05, 3.63) is 18.5 Å². The third-order valence-electron chi connectivity index (χ3n) is 1.32. The van der Waals surface area contributed by atoms with Gasteiger partial charge >= 0.3 is 6.03 Å². The first-order valence-electron chi connectivity index (χ1n) is 3.77. The van der Waals surface area contributed by atoms with Crippen LogP contribution in [0.1, 0.15) is 13.8 Å². The molecule has 0 fully saturated rings. The van der Waals surface area contributed by atoms with E-state index in [4.69, 9.17) is 5.11 Å². The lowest BCUT2D eigenvalue weighted by Crippen LogP contribution is -2.33. The van der Waals surface area contributed by atoms with Gasteiger partial charge in [-0.25, -0.2) is 4.79 Å². The first-order chi connectivity index (χ1) is 5.59. The molecule has 1 heterocycles. The van der Waals surface area contributed by atoms with Crippen molar-refractivity contribution in [3.63, 3.8) is 0 Å². The summed E-state index contributed by atoms with van der Waals surface area (Å²) in [4.78, 5) is 11.2. The van der Waals surface area contributed by atoms with E-state index >= 15 is 0 Å². The maximum atomic E-state index is 11.2. The number of nitrogens with zero attached hydrogens (tertiary/aromatic N) is 1. The Kier molecular flexibility index (Phi) is 2.38. The van der Waals surface area contributed by atoms with E-state index in [0.29, 0.717) is 0 Å². The summed E-state index contributed by atoms with van der Waals surface area (Å²) < 4.78 is 1.30. The fraction of sp³-hybridized carbons (Fsp3) is 0.375. The van der Waals surface area contributed by atoms with Crippen molar-refractivity contribution in [2.24, 2.45) is 0 Å². The van der Waals surface area contributed by atoms with Crippen LogP contribution in [-0.4, -0.2) is 21.7 Å². The summed E-state index contributed by atoms with van der Waals surface area (Å²) in [6.07, 6.45) is 2.87. The average molecular weight is 168 g/mol. The van der Waals surface area contributed by atoms with Crippen molar-refractivity contribution in [1.82, 2.24) is 9.88 Å². The number of rotatable bonds is 1.